The van der Waals surface area contributed by atoms with Crippen molar-refractivity contribution in [1.82, 2.24) is 24.8 Å². The van der Waals surface area contributed by atoms with Crippen LogP contribution in [0.3, 0.4) is 0 Å². The maximum absolute atomic E-state index is 14.1. The highest BCUT2D eigenvalue weighted by Gasteiger charge is 2.25. The van der Waals surface area contributed by atoms with E-state index in [4.69, 9.17) is 26.3 Å². The van der Waals surface area contributed by atoms with Gasteiger partial charge in [-0.3, -0.25) is 4.57 Å². The first-order chi connectivity index (χ1) is 21.4. The molecule has 0 atom stereocenters. The highest BCUT2D eigenvalue weighted by molar-refractivity contribution is 6.33. The second kappa shape index (κ2) is 13.9. The molecule has 2 amide bonds. The van der Waals surface area contributed by atoms with Crippen molar-refractivity contribution >= 4 is 40.3 Å². The maximum atomic E-state index is 14.1. The van der Waals surface area contributed by atoms with E-state index in [2.05, 4.69) is 15.6 Å². The minimum Gasteiger partial charge on any atom is -0.378 e. The van der Waals surface area contributed by atoms with Gasteiger partial charge in [-0.1, -0.05) is 42.3 Å². The first-order valence-electron chi connectivity index (χ1n) is 15.2. The SMILES string of the molecule is O=C(Nc1ccccc1Cl)NC1CCC(CCCc2cc(-n3c(C(F)F)nc4ccccc43)nc(N3CCOCC3)n2)CC1. The molecule has 1 aliphatic carbocycles. The van der Waals surface area contributed by atoms with Crippen molar-refractivity contribution in [3.05, 3.63) is 71.1 Å². The van der Waals surface area contributed by atoms with Crippen molar-refractivity contribution in [1.29, 1.82) is 0 Å². The van der Waals surface area contributed by atoms with Crippen LogP contribution in [-0.4, -0.2) is 57.9 Å². The average Bonchev–Trinajstić information content (AvgIpc) is 3.44. The zero-order chi connectivity index (χ0) is 30.5. The topological polar surface area (TPSA) is 97.2 Å². The van der Waals surface area contributed by atoms with Gasteiger partial charge in [0.1, 0.15) is 5.82 Å². The molecule has 0 bridgehead atoms. The summed E-state index contributed by atoms with van der Waals surface area (Å²) in [6, 6.07) is 16.0. The quantitative estimate of drug-likeness (QED) is 0.210. The number of alkyl halides is 2. The number of benzene rings is 2. The van der Waals surface area contributed by atoms with Gasteiger partial charge in [-0.15, -0.1) is 0 Å². The largest absolute Gasteiger partial charge is 0.378 e. The number of aromatic nitrogens is 4. The fraction of sp³-hybridized carbons (Fsp3) is 0.438. The van der Waals surface area contributed by atoms with Crippen molar-refractivity contribution in [3.63, 3.8) is 0 Å². The first-order valence-corrected chi connectivity index (χ1v) is 15.6. The number of hydrogen-bond acceptors (Lipinski definition) is 6. The Labute approximate surface area is 260 Å². The van der Waals surface area contributed by atoms with E-state index in [1.807, 2.05) is 29.2 Å². The molecule has 9 nitrogen and oxygen atoms in total. The number of nitrogens with one attached hydrogen (secondary N) is 2. The number of urea groups is 1. The van der Waals surface area contributed by atoms with Crippen LogP contribution >= 0.6 is 11.6 Å². The van der Waals surface area contributed by atoms with Crippen LogP contribution in [0.1, 0.15) is 56.5 Å². The van der Waals surface area contributed by atoms with Crippen LogP contribution in [0.2, 0.25) is 5.02 Å². The molecule has 2 N–H and O–H groups in total. The van der Waals surface area contributed by atoms with Gasteiger partial charge >= 0.3 is 6.03 Å². The summed E-state index contributed by atoms with van der Waals surface area (Å²) in [5.74, 6) is 1.17. The number of morpholine rings is 1. The Bertz CT molecular complexity index is 1590. The summed E-state index contributed by atoms with van der Waals surface area (Å²) in [5, 5.41) is 6.42. The van der Waals surface area contributed by atoms with Gasteiger partial charge < -0.3 is 20.3 Å². The maximum Gasteiger partial charge on any atom is 0.319 e. The van der Waals surface area contributed by atoms with Crippen molar-refractivity contribution in [3.8, 4) is 5.82 Å². The van der Waals surface area contributed by atoms with E-state index in [1.165, 1.54) is 4.57 Å². The van der Waals surface area contributed by atoms with E-state index in [0.29, 0.717) is 72.2 Å². The van der Waals surface area contributed by atoms with Crippen LogP contribution in [0.25, 0.3) is 16.9 Å². The predicted octanol–water partition coefficient (Wildman–Crippen LogP) is 6.95. The summed E-state index contributed by atoms with van der Waals surface area (Å²) in [6.07, 6.45) is 3.81. The molecule has 2 fully saturated rings. The number of aryl methyl sites for hydroxylation is 1. The Balaban J connectivity index is 1.10. The number of hydrogen-bond donors (Lipinski definition) is 2. The second-order valence-corrected chi connectivity index (χ2v) is 11.8. The number of halogens is 3. The first kappa shape index (κ1) is 30.2. The minimum absolute atomic E-state index is 0.128. The molecule has 0 unspecified atom stereocenters. The molecule has 3 heterocycles. The molecule has 0 radical (unpaired) electrons. The summed E-state index contributed by atoms with van der Waals surface area (Å²) < 4.78 is 35.3. The molecule has 1 aliphatic heterocycles. The third-order valence-electron chi connectivity index (χ3n) is 8.41. The van der Waals surface area contributed by atoms with E-state index in [0.717, 1.165) is 44.2 Å². The molecule has 1 saturated carbocycles. The third-order valence-corrected chi connectivity index (χ3v) is 8.74. The fourth-order valence-corrected chi connectivity index (χ4v) is 6.31. The molecule has 6 rings (SSSR count). The van der Waals surface area contributed by atoms with Gasteiger partial charge in [-0.05, 0) is 68.7 Å². The van der Waals surface area contributed by atoms with Crippen molar-refractivity contribution in [2.24, 2.45) is 5.92 Å². The Morgan fingerprint density at radius 1 is 1.00 bits per heavy atom. The summed E-state index contributed by atoms with van der Waals surface area (Å²) in [5.41, 5.74) is 2.51. The number of imidazole rings is 1. The minimum atomic E-state index is -2.75. The van der Waals surface area contributed by atoms with E-state index in [-0.39, 0.29) is 17.9 Å². The van der Waals surface area contributed by atoms with E-state index < -0.39 is 6.43 Å². The monoisotopic (exact) mass is 623 g/mol. The Hall–Kier alpha value is -3.83. The highest BCUT2D eigenvalue weighted by Crippen LogP contribution is 2.31. The predicted molar refractivity (Wildman–Crippen MR) is 167 cm³/mol. The van der Waals surface area contributed by atoms with Crippen LogP contribution in [0.4, 0.5) is 25.2 Å². The third kappa shape index (κ3) is 7.10. The van der Waals surface area contributed by atoms with Gasteiger partial charge in [-0.2, -0.15) is 4.98 Å². The Morgan fingerprint density at radius 2 is 1.75 bits per heavy atom. The number of carbonyl (C=O) groups is 1. The van der Waals surface area contributed by atoms with E-state index in [9.17, 15) is 13.6 Å². The highest BCUT2D eigenvalue weighted by atomic mass is 35.5. The summed E-state index contributed by atoms with van der Waals surface area (Å²) in [7, 11) is 0. The van der Waals surface area contributed by atoms with Crippen LogP contribution in [0, 0.1) is 5.92 Å². The molecule has 2 aromatic carbocycles. The molecule has 44 heavy (non-hydrogen) atoms. The molecule has 2 aromatic heterocycles. The average molecular weight is 624 g/mol. The van der Waals surface area contributed by atoms with Crippen LogP contribution in [0.5, 0.6) is 0 Å². The lowest BCUT2D eigenvalue weighted by Gasteiger charge is -2.29. The Kier molecular flexibility index (Phi) is 9.51. The van der Waals surface area contributed by atoms with Crippen LogP contribution in [0.15, 0.2) is 54.6 Å². The van der Waals surface area contributed by atoms with Crippen molar-refractivity contribution in [2.75, 3.05) is 36.5 Å². The number of carbonyl (C=O) groups excluding carboxylic acids is 1. The molecule has 4 aromatic rings. The molecule has 1 saturated heterocycles. The number of para-hydroxylation sites is 3. The Morgan fingerprint density at radius 3 is 2.52 bits per heavy atom. The van der Waals surface area contributed by atoms with Gasteiger partial charge in [0.15, 0.2) is 5.82 Å². The number of anilines is 2. The lowest BCUT2D eigenvalue weighted by Crippen LogP contribution is -2.40. The zero-order valence-electron chi connectivity index (χ0n) is 24.4. The van der Waals surface area contributed by atoms with Gasteiger partial charge in [0, 0.05) is 30.9 Å². The number of rotatable bonds is 9. The molecule has 232 valence electrons. The number of nitrogens with zero attached hydrogens (tertiary/aromatic N) is 5. The van der Waals surface area contributed by atoms with Crippen LogP contribution < -0.4 is 15.5 Å². The lowest BCUT2D eigenvalue weighted by molar-refractivity contribution is 0.122. The zero-order valence-corrected chi connectivity index (χ0v) is 25.1. The molecular weight excluding hydrogens is 588 g/mol. The molecule has 12 heteroatoms. The van der Waals surface area contributed by atoms with E-state index in [1.54, 1.807) is 30.3 Å². The van der Waals surface area contributed by atoms with Gasteiger partial charge in [0.25, 0.3) is 6.43 Å². The lowest BCUT2D eigenvalue weighted by atomic mass is 9.83. The normalized spacial score (nSPS) is 19.0. The molecular formula is C32H36ClF2N7O2. The van der Waals surface area contributed by atoms with Crippen molar-refractivity contribution < 1.29 is 18.3 Å². The number of amides is 2. The fourth-order valence-electron chi connectivity index (χ4n) is 6.12. The second-order valence-electron chi connectivity index (χ2n) is 11.4. The van der Waals surface area contributed by atoms with Crippen LogP contribution in [-0.2, 0) is 11.2 Å². The van der Waals surface area contributed by atoms with E-state index >= 15 is 0 Å². The summed E-state index contributed by atoms with van der Waals surface area (Å²) >= 11 is 6.16. The standard InChI is InChI=1S/C32H36ClF2N7O2/c33-24-8-1-2-9-25(24)39-32(43)37-22-14-12-21(13-15-22)6-5-7-23-20-28(40-31(36-23)41-16-18-44-19-17-41)42-27-11-4-3-10-26(27)38-30(42)29(34)35/h1-4,8-11,20-22,29H,5-7,12-19H2,(H2,37,39,43). The molecule has 2 aliphatic rings. The smallest absolute Gasteiger partial charge is 0.319 e. The van der Waals surface area contributed by atoms with Gasteiger partial charge in [0.2, 0.25) is 5.95 Å². The number of ether oxygens (including phenoxy) is 1. The summed E-state index contributed by atoms with van der Waals surface area (Å²) in [6.45, 7) is 2.42. The molecule has 0 spiro atoms. The number of fused-ring (bicyclic) bond motifs is 1. The van der Waals surface area contributed by atoms with Gasteiger partial charge in [0.05, 0.1) is 35.0 Å². The van der Waals surface area contributed by atoms with Crippen molar-refractivity contribution in [2.45, 2.75) is 57.4 Å². The summed E-state index contributed by atoms with van der Waals surface area (Å²) in [4.78, 5) is 28.4. The van der Waals surface area contributed by atoms with Gasteiger partial charge in [-0.25, -0.2) is 23.5 Å².